The molecule has 7 heteroatoms. The number of carbonyl (C=O) groups is 2. The first-order valence-corrected chi connectivity index (χ1v) is 7.81. The van der Waals surface area contributed by atoms with E-state index >= 15 is 0 Å². The molecule has 0 unspecified atom stereocenters. The molecule has 0 radical (unpaired) electrons. The fourth-order valence-corrected chi connectivity index (χ4v) is 2.65. The number of rotatable bonds is 4. The van der Waals surface area contributed by atoms with Crippen LogP contribution in [0.2, 0.25) is 0 Å². The first-order chi connectivity index (χ1) is 10.7. The molecular formula is C16H24N4O3. The van der Waals surface area contributed by atoms with E-state index in [0.29, 0.717) is 31.9 Å². The van der Waals surface area contributed by atoms with Gasteiger partial charge in [-0.25, -0.2) is 14.8 Å². The number of hydrogen-bond donors (Lipinski definition) is 2. The van der Waals surface area contributed by atoms with Gasteiger partial charge in [-0.2, -0.15) is 0 Å². The van der Waals surface area contributed by atoms with Crippen LogP contribution in [0.15, 0.2) is 6.07 Å². The Morgan fingerprint density at radius 3 is 2.22 bits per heavy atom. The Balaban J connectivity index is 1.95. The smallest absolute Gasteiger partial charge is 0.328 e. The topological polar surface area (TPSA) is 95.4 Å². The minimum absolute atomic E-state index is 0.171. The van der Waals surface area contributed by atoms with Gasteiger partial charge < -0.3 is 15.3 Å². The molecule has 1 saturated heterocycles. The number of amides is 1. The maximum atomic E-state index is 12.2. The number of aryl methyl sites for hydroxylation is 2. The van der Waals surface area contributed by atoms with E-state index in [4.69, 9.17) is 5.11 Å². The molecule has 23 heavy (non-hydrogen) atoms. The van der Waals surface area contributed by atoms with Crippen molar-refractivity contribution in [1.29, 1.82) is 0 Å². The van der Waals surface area contributed by atoms with Crippen LogP contribution in [-0.2, 0) is 9.59 Å². The van der Waals surface area contributed by atoms with E-state index < -0.39 is 11.5 Å². The third-order valence-corrected chi connectivity index (χ3v) is 4.09. The minimum atomic E-state index is -1.25. The molecule has 0 aliphatic carbocycles. The lowest BCUT2D eigenvalue weighted by Crippen LogP contribution is -2.53. The predicted octanol–water partition coefficient (Wildman–Crippen LogP) is 1.29. The largest absolute Gasteiger partial charge is 0.480 e. The monoisotopic (exact) mass is 320 g/mol. The number of nitrogens with zero attached hydrogens (tertiary/aromatic N) is 3. The highest BCUT2D eigenvalue weighted by Crippen LogP contribution is 2.22. The maximum Gasteiger partial charge on any atom is 0.328 e. The Hall–Kier alpha value is -2.18. The van der Waals surface area contributed by atoms with Gasteiger partial charge in [-0.15, -0.1) is 0 Å². The summed E-state index contributed by atoms with van der Waals surface area (Å²) in [5, 5.41) is 11.7. The molecule has 0 spiro atoms. The first-order valence-electron chi connectivity index (χ1n) is 7.81. The zero-order valence-corrected chi connectivity index (χ0v) is 14.1. The molecule has 2 rings (SSSR count). The Morgan fingerprint density at radius 1 is 1.22 bits per heavy atom. The van der Waals surface area contributed by atoms with Crippen LogP contribution in [0.25, 0.3) is 0 Å². The standard InChI is InChI=1S/C16H24N4O3/c1-10-9-11(2)18-15(17-10)20-7-5-12(6-8-20)13(21)19-16(3,4)14(22)23/h9,12H,5-8H2,1-4H3,(H,19,21)(H,22,23). The Kier molecular flexibility index (Phi) is 4.87. The van der Waals surface area contributed by atoms with E-state index in [0.717, 1.165) is 11.4 Å². The molecule has 1 aliphatic rings. The molecule has 1 fully saturated rings. The second-order valence-corrected chi connectivity index (χ2v) is 6.63. The van der Waals surface area contributed by atoms with Crippen molar-refractivity contribution < 1.29 is 14.7 Å². The van der Waals surface area contributed by atoms with Gasteiger partial charge in [0.15, 0.2) is 0 Å². The molecule has 7 nitrogen and oxygen atoms in total. The van der Waals surface area contributed by atoms with Crippen molar-refractivity contribution in [2.45, 2.75) is 46.1 Å². The van der Waals surface area contributed by atoms with Crippen molar-refractivity contribution in [3.63, 3.8) is 0 Å². The maximum absolute atomic E-state index is 12.2. The van der Waals surface area contributed by atoms with Gasteiger partial charge in [0.1, 0.15) is 5.54 Å². The fourth-order valence-electron chi connectivity index (χ4n) is 2.65. The summed E-state index contributed by atoms with van der Waals surface area (Å²) in [6.45, 7) is 8.24. The van der Waals surface area contributed by atoms with Crippen LogP contribution in [0.5, 0.6) is 0 Å². The van der Waals surface area contributed by atoms with Crippen molar-refractivity contribution >= 4 is 17.8 Å². The average Bonchev–Trinajstić information content (AvgIpc) is 2.45. The van der Waals surface area contributed by atoms with Gasteiger partial charge >= 0.3 is 5.97 Å². The summed E-state index contributed by atoms with van der Waals surface area (Å²) >= 11 is 0. The average molecular weight is 320 g/mol. The number of carboxylic acids is 1. The molecule has 1 amide bonds. The molecule has 2 N–H and O–H groups in total. The minimum Gasteiger partial charge on any atom is -0.480 e. The Labute approximate surface area is 136 Å². The van der Waals surface area contributed by atoms with Gasteiger partial charge in [-0.3, -0.25) is 4.79 Å². The van der Waals surface area contributed by atoms with E-state index in [1.165, 1.54) is 13.8 Å². The van der Waals surface area contributed by atoms with Crippen LogP contribution in [0.1, 0.15) is 38.1 Å². The van der Waals surface area contributed by atoms with Crippen LogP contribution in [-0.4, -0.2) is 45.6 Å². The summed E-state index contributed by atoms with van der Waals surface area (Å²) in [5.74, 6) is -0.701. The van der Waals surface area contributed by atoms with Crippen LogP contribution in [0.3, 0.4) is 0 Å². The summed E-state index contributed by atoms with van der Waals surface area (Å²) in [7, 11) is 0. The number of nitrogens with one attached hydrogen (secondary N) is 1. The van der Waals surface area contributed by atoms with Crippen molar-refractivity contribution in [3.8, 4) is 0 Å². The number of aromatic nitrogens is 2. The molecule has 0 bridgehead atoms. The summed E-state index contributed by atoms with van der Waals surface area (Å²) in [6.07, 6.45) is 1.33. The van der Waals surface area contributed by atoms with E-state index in [2.05, 4.69) is 20.2 Å². The zero-order chi connectivity index (χ0) is 17.2. The highest BCUT2D eigenvalue weighted by molar-refractivity contribution is 5.87. The molecule has 2 heterocycles. The van der Waals surface area contributed by atoms with Crippen molar-refractivity contribution in [1.82, 2.24) is 15.3 Å². The second-order valence-electron chi connectivity index (χ2n) is 6.63. The van der Waals surface area contributed by atoms with E-state index in [1.807, 2.05) is 19.9 Å². The summed E-state index contributed by atoms with van der Waals surface area (Å²) in [6, 6.07) is 1.93. The third-order valence-electron chi connectivity index (χ3n) is 4.09. The normalized spacial score (nSPS) is 16.3. The number of piperidine rings is 1. The van der Waals surface area contributed by atoms with Crippen LogP contribution in [0, 0.1) is 19.8 Å². The predicted molar refractivity (Wildman–Crippen MR) is 86.3 cm³/mol. The molecular weight excluding hydrogens is 296 g/mol. The Bertz CT molecular complexity index is 587. The molecule has 1 aromatic rings. The van der Waals surface area contributed by atoms with Crippen molar-refractivity contribution in [3.05, 3.63) is 17.5 Å². The van der Waals surface area contributed by atoms with Crippen LogP contribution >= 0.6 is 0 Å². The number of carbonyl (C=O) groups excluding carboxylic acids is 1. The molecule has 0 aromatic carbocycles. The molecule has 0 atom stereocenters. The number of anilines is 1. The van der Waals surface area contributed by atoms with Crippen LogP contribution < -0.4 is 10.2 Å². The molecule has 0 saturated carbocycles. The first kappa shape index (κ1) is 17.2. The van der Waals surface area contributed by atoms with E-state index in [1.54, 1.807) is 0 Å². The van der Waals surface area contributed by atoms with E-state index in [9.17, 15) is 9.59 Å². The van der Waals surface area contributed by atoms with E-state index in [-0.39, 0.29) is 11.8 Å². The summed E-state index contributed by atoms with van der Waals surface area (Å²) in [5.41, 5.74) is 0.608. The van der Waals surface area contributed by atoms with Crippen molar-refractivity contribution in [2.75, 3.05) is 18.0 Å². The quantitative estimate of drug-likeness (QED) is 0.868. The lowest BCUT2D eigenvalue weighted by Gasteiger charge is -2.33. The lowest BCUT2D eigenvalue weighted by molar-refractivity contribution is -0.146. The van der Waals surface area contributed by atoms with Crippen LogP contribution in [0.4, 0.5) is 5.95 Å². The lowest BCUT2D eigenvalue weighted by atomic mass is 9.94. The van der Waals surface area contributed by atoms with Gasteiger partial charge in [-0.05, 0) is 46.6 Å². The summed E-state index contributed by atoms with van der Waals surface area (Å²) < 4.78 is 0. The molecule has 1 aliphatic heterocycles. The van der Waals surface area contributed by atoms with Crippen molar-refractivity contribution in [2.24, 2.45) is 5.92 Å². The van der Waals surface area contributed by atoms with Gasteiger partial charge in [0.05, 0.1) is 0 Å². The van der Waals surface area contributed by atoms with Gasteiger partial charge in [-0.1, -0.05) is 0 Å². The summed E-state index contributed by atoms with van der Waals surface area (Å²) in [4.78, 5) is 34.3. The SMILES string of the molecule is Cc1cc(C)nc(N2CCC(C(=O)NC(C)(C)C(=O)O)CC2)n1. The number of hydrogen-bond acceptors (Lipinski definition) is 5. The number of aliphatic carboxylic acids is 1. The second kappa shape index (κ2) is 6.52. The number of carboxylic acid groups (broad SMARTS) is 1. The van der Waals surface area contributed by atoms with Gasteiger partial charge in [0, 0.05) is 30.4 Å². The highest BCUT2D eigenvalue weighted by Gasteiger charge is 2.33. The molecule has 1 aromatic heterocycles. The van der Waals surface area contributed by atoms with Gasteiger partial charge in [0.25, 0.3) is 0 Å². The molecule has 126 valence electrons. The fraction of sp³-hybridized carbons (Fsp3) is 0.625. The highest BCUT2D eigenvalue weighted by atomic mass is 16.4. The van der Waals surface area contributed by atoms with Gasteiger partial charge in [0.2, 0.25) is 11.9 Å². The Morgan fingerprint density at radius 2 is 1.74 bits per heavy atom. The zero-order valence-electron chi connectivity index (χ0n) is 14.1. The third kappa shape index (κ3) is 4.18.